The maximum Gasteiger partial charge on any atom is 0.323 e. The minimum Gasteiger partial charge on any atom is -0.497 e. The Balaban J connectivity index is 1.62. The molecule has 5 nitrogen and oxygen atoms in total. The van der Waals surface area contributed by atoms with E-state index >= 15 is 0 Å². The van der Waals surface area contributed by atoms with Crippen molar-refractivity contribution < 1.29 is 14.3 Å². The molecule has 1 N–H and O–H groups in total. The first-order valence-electron chi connectivity index (χ1n) is 9.10. The van der Waals surface area contributed by atoms with Gasteiger partial charge in [0, 0.05) is 23.2 Å². The van der Waals surface area contributed by atoms with E-state index in [9.17, 15) is 4.79 Å². The van der Waals surface area contributed by atoms with E-state index in [0.717, 1.165) is 39.3 Å². The van der Waals surface area contributed by atoms with E-state index < -0.39 is 0 Å². The van der Waals surface area contributed by atoms with Crippen LogP contribution in [-0.4, -0.2) is 37.4 Å². The minimum absolute atomic E-state index is 0.115. The molecule has 1 heterocycles. The molecule has 0 bridgehead atoms. The van der Waals surface area contributed by atoms with Crippen molar-refractivity contribution in [2.24, 2.45) is 0 Å². The van der Waals surface area contributed by atoms with Gasteiger partial charge in [-0.1, -0.05) is 36.4 Å². The van der Waals surface area contributed by atoms with Crippen molar-refractivity contribution in [1.82, 2.24) is 4.90 Å². The standard InChI is InChI=1S/C22H22N2O3S/c1-26-16-10-11-20(27-2)18(14-16)21-24(12-13-28-21)22(25)23-19-9-5-7-15-6-3-4-8-17(15)19/h3-11,14,21H,12-13H2,1-2H3,(H,23,25). The van der Waals surface area contributed by atoms with Gasteiger partial charge >= 0.3 is 6.03 Å². The van der Waals surface area contributed by atoms with Gasteiger partial charge < -0.3 is 19.7 Å². The monoisotopic (exact) mass is 394 g/mol. The van der Waals surface area contributed by atoms with Crippen LogP contribution in [0.4, 0.5) is 10.5 Å². The number of hydrogen-bond donors (Lipinski definition) is 1. The van der Waals surface area contributed by atoms with Gasteiger partial charge in [0.2, 0.25) is 0 Å². The zero-order chi connectivity index (χ0) is 19.5. The number of carbonyl (C=O) groups is 1. The van der Waals surface area contributed by atoms with Crippen molar-refractivity contribution in [2.45, 2.75) is 5.37 Å². The zero-order valence-electron chi connectivity index (χ0n) is 15.8. The SMILES string of the molecule is COc1ccc(OC)c(C2SCCN2C(=O)Nc2cccc3ccccc23)c1. The number of carbonyl (C=O) groups excluding carboxylic acids is 1. The number of amides is 2. The Morgan fingerprint density at radius 2 is 1.89 bits per heavy atom. The second-order valence-electron chi connectivity index (χ2n) is 6.48. The molecule has 6 heteroatoms. The van der Waals surface area contributed by atoms with Gasteiger partial charge in [-0.3, -0.25) is 0 Å². The predicted molar refractivity (Wildman–Crippen MR) is 114 cm³/mol. The van der Waals surface area contributed by atoms with Gasteiger partial charge in [0.15, 0.2) is 0 Å². The molecule has 1 aliphatic rings. The third-order valence-electron chi connectivity index (χ3n) is 4.89. The van der Waals surface area contributed by atoms with Crippen LogP contribution in [0, 0.1) is 0 Å². The smallest absolute Gasteiger partial charge is 0.323 e. The maximum atomic E-state index is 13.1. The highest BCUT2D eigenvalue weighted by Gasteiger charge is 2.33. The third kappa shape index (κ3) is 3.47. The average molecular weight is 394 g/mol. The quantitative estimate of drug-likeness (QED) is 0.666. The molecule has 2 amide bonds. The molecule has 1 unspecified atom stereocenters. The van der Waals surface area contributed by atoms with E-state index in [4.69, 9.17) is 9.47 Å². The molecule has 0 saturated carbocycles. The second kappa shape index (κ2) is 8.02. The number of urea groups is 1. The van der Waals surface area contributed by atoms with Gasteiger partial charge in [0.1, 0.15) is 16.9 Å². The molecule has 1 fully saturated rings. The molecular formula is C22H22N2O3S. The number of nitrogens with one attached hydrogen (secondary N) is 1. The summed E-state index contributed by atoms with van der Waals surface area (Å²) in [6, 6.07) is 19.5. The van der Waals surface area contributed by atoms with Crippen LogP contribution in [0.15, 0.2) is 60.7 Å². The Morgan fingerprint density at radius 3 is 2.71 bits per heavy atom. The van der Waals surface area contributed by atoms with Crippen LogP contribution in [0.1, 0.15) is 10.9 Å². The number of thioether (sulfide) groups is 1. The lowest BCUT2D eigenvalue weighted by molar-refractivity contribution is 0.213. The van der Waals surface area contributed by atoms with Gasteiger partial charge in [-0.05, 0) is 29.7 Å². The third-order valence-corrected chi connectivity index (χ3v) is 6.13. The maximum absolute atomic E-state index is 13.1. The predicted octanol–water partition coefficient (Wildman–Crippen LogP) is 5.14. The van der Waals surface area contributed by atoms with Crippen molar-refractivity contribution in [1.29, 1.82) is 0 Å². The van der Waals surface area contributed by atoms with Gasteiger partial charge in [-0.2, -0.15) is 0 Å². The molecule has 1 atom stereocenters. The second-order valence-corrected chi connectivity index (χ2v) is 7.67. The van der Waals surface area contributed by atoms with Crippen molar-refractivity contribution in [2.75, 3.05) is 31.8 Å². The Kier molecular flexibility index (Phi) is 5.30. The molecule has 28 heavy (non-hydrogen) atoms. The fraction of sp³-hybridized carbons (Fsp3) is 0.227. The summed E-state index contributed by atoms with van der Waals surface area (Å²) in [4.78, 5) is 15.0. The summed E-state index contributed by atoms with van der Waals surface area (Å²) in [6.45, 7) is 0.673. The van der Waals surface area contributed by atoms with Crippen LogP contribution in [0.5, 0.6) is 11.5 Å². The van der Waals surface area contributed by atoms with E-state index in [-0.39, 0.29) is 11.4 Å². The fourth-order valence-electron chi connectivity index (χ4n) is 3.49. The minimum atomic E-state index is -0.125. The Bertz CT molecular complexity index is 1000. The molecular weight excluding hydrogens is 372 g/mol. The van der Waals surface area contributed by atoms with Crippen LogP contribution in [-0.2, 0) is 0 Å². The first-order valence-corrected chi connectivity index (χ1v) is 10.1. The number of rotatable bonds is 4. The molecule has 0 aromatic heterocycles. The lowest BCUT2D eigenvalue weighted by Crippen LogP contribution is -2.34. The number of nitrogens with zero attached hydrogens (tertiary/aromatic N) is 1. The molecule has 4 rings (SSSR count). The first-order chi connectivity index (χ1) is 13.7. The van der Waals surface area contributed by atoms with Crippen LogP contribution < -0.4 is 14.8 Å². The van der Waals surface area contributed by atoms with Crippen LogP contribution in [0.25, 0.3) is 10.8 Å². The largest absolute Gasteiger partial charge is 0.497 e. The average Bonchev–Trinajstić information content (AvgIpc) is 3.23. The lowest BCUT2D eigenvalue weighted by Gasteiger charge is -2.26. The number of anilines is 1. The topological polar surface area (TPSA) is 50.8 Å². The molecule has 1 aliphatic heterocycles. The van der Waals surface area contributed by atoms with Crippen molar-refractivity contribution >= 4 is 34.3 Å². The number of ether oxygens (including phenoxy) is 2. The summed E-state index contributed by atoms with van der Waals surface area (Å²) in [5.41, 5.74) is 1.76. The Morgan fingerprint density at radius 1 is 1.07 bits per heavy atom. The van der Waals surface area contributed by atoms with Gasteiger partial charge in [0.25, 0.3) is 0 Å². The summed E-state index contributed by atoms with van der Waals surface area (Å²) in [5, 5.41) is 5.10. The first kappa shape index (κ1) is 18.5. The van der Waals surface area contributed by atoms with E-state index in [0.29, 0.717) is 6.54 Å². The molecule has 3 aromatic carbocycles. The molecule has 144 valence electrons. The van der Waals surface area contributed by atoms with E-state index in [2.05, 4.69) is 5.32 Å². The Labute approximate surface area is 168 Å². The summed E-state index contributed by atoms with van der Waals surface area (Å²) < 4.78 is 10.9. The van der Waals surface area contributed by atoms with Gasteiger partial charge in [-0.15, -0.1) is 11.8 Å². The van der Waals surface area contributed by atoms with Crippen LogP contribution >= 0.6 is 11.8 Å². The summed E-state index contributed by atoms with van der Waals surface area (Å²) in [5.74, 6) is 2.37. The van der Waals surface area contributed by atoms with Crippen LogP contribution in [0.3, 0.4) is 0 Å². The highest BCUT2D eigenvalue weighted by atomic mass is 32.2. The number of methoxy groups -OCH3 is 2. The lowest BCUT2D eigenvalue weighted by atomic mass is 10.1. The number of benzene rings is 3. The highest BCUT2D eigenvalue weighted by molar-refractivity contribution is 7.99. The van der Waals surface area contributed by atoms with E-state index in [1.807, 2.05) is 65.6 Å². The molecule has 0 aliphatic carbocycles. The molecule has 0 radical (unpaired) electrons. The fourth-order valence-corrected chi connectivity index (χ4v) is 4.76. The summed E-state index contributed by atoms with van der Waals surface area (Å²) >= 11 is 1.72. The summed E-state index contributed by atoms with van der Waals surface area (Å²) in [6.07, 6.45) is 0. The molecule has 1 saturated heterocycles. The van der Waals surface area contributed by atoms with Gasteiger partial charge in [-0.25, -0.2) is 4.79 Å². The normalized spacial score (nSPS) is 16.2. The van der Waals surface area contributed by atoms with Crippen LogP contribution in [0.2, 0.25) is 0 Å². The zero-order valence-corrected chi connectivity index (χ0v) is 16.7. The van der Waals surface area contributed by atoms with E-state index in [1.54, 1.807) is 26.0 Å². The number of hydrogen-bond acceptors (Lipinski definition) is 4. The highest BCUT2D eigenvalue weighted by Crippen LogP contribution is 2.43. The molecule has 0 spiro atoms. The van der Waals surface area contributed by atoms with Gasteiger partial charge in [0.05, 0.1) is 19.9 Å². The number of fused-ring (bicyclic) bond motifs is 1. The summed E-state index contributed by atoms with van der Waals surface area (Å²) in [7, 11) is 3.28. The van der Waals surface area contributed by atoms with E-state index in [1.165, 1.54) is 0 Å². The molecule has 3 aromatic rings. The van der Waals surface area contributed by atoms with Crippen molar-refractivity contribution in [3.63, 3.8) is 0 Å². The van der Waals surface area contributed by atoms with Crippen molar-refractivity contribution in [3.8, 4) is 11.5 Å². The Hall–Kier alpha value is -2.86. The van der Waals surface area contributed by atoms with Crippen molar-refractivity contribution in [3.05, 3.63) is 66.2 Å².